The Morgan fingerprint density at radius 1 is 0.966 bits per heavy atom. The van der Waals surface area contributed by atoms with Crippen LogP contribution in [0.15, 0.2) is 36.4 Å². The fourth-order valence-electron chi connectivity index (χ4n) is 3.45. The van der Waals surface area contributed by atoms with Crippen LogP contribution in [0.5, 0.6) is 0 Å². The molecule has 0 bridgehead atoms. The minimum Gasteiger partial charge on any atom is -0.207 e. The molecule has 0 saturated heterocycles. The van der Waals surface area contributed by atoms with Gasteiger partial charge in [-0.05, 0) is 54.5 Å². The number of benzene rings is 2. The van der Waals surface area contributed by atoms with Crippen molar-refractivity contribution in [1.82, 2.24) is 0 Å². The molecule has 1 aliphatic rings. The Morgan fingerprint density at radius 2 is 1.62 bits per heavy atom. The number of halogens is 5. The van der Waals surface area contributed by atoms with E-state index in [0.29, 0.717) is 5.56 Å². The normalized spacial score (nSPS) is 16.6. The predicted molar refractivity (Wildman–Crippen MR) is 104 cm³/mol. The highest BCUT2D eigenvalue weighted by molar-refractivity contribution is 5.53. The number of rotatable bonds is 3. The Morgan fingerprint density at radius 3 is 2.28 bits per heavy atom. The third-order valence-electron chi connectivity index (χ3n) is 5.14. The summed E-state index contributed by atoms with van der Waals surface area (Å²) in [4.78, 5) is 0. The number of hydrogen-bond donors (Lipinski definition) is 0. The average molecular weight is 404 g/mol. The minimum atomic E-state index is -2.73. The lowest BCUT2D eigenvalue weighted by molar-refractivity contribution is -0.0384. The zero-order chi connectivity index (χ0) is 21.0. The van der Waals surface area contributed by atoms with E-state index in [4.69, 9.17) is 0 Å². The zero-order valence-corrected chi connectivity index (χ0v) is 16.0. The Balaban J connectivity index is 1.82. The van der Waals surface area contributed by atoms with Gasteiger partial charge in [-0.15, -0.1) is 0 Å². The van der Waals surface area contributed by atoms with Crippen LogP contribution in [0.1, 0.15) is 67.2 Å². The molecule has 2 aromatic carbocycles. The van der Waals surface area contributed by atoms with Gasteiger partial charge in [-0.25, -0.2) is 22.0 Å². The Labute approximate surface area is 167 Å². The second-order valence-electron chi connectivity index (χ2n) is 7.26. The van der Waals surface area contributed by atoms with Crippen LogP contribution in [0.25, 0.3) is 6.08 Å². The maximum absolute atomic E-state index is 14.5. The van der Waals surface area contributed by atoms with Gasteiger partial charge < -0.3 is 0 Å². The molecule has 0 aliphatic heterocycles. The standard InChI is InChI=1S/C24H21F5/c1-2-3-4-16-5-6-18(21(25)15-16)7-8-19-9-10-20(23(27)22(19)26)17-11-13-24(28,29)14-12-17/h3-6,9-10,15,17H,2,11-14H2,1H3/b4-3+. The van der Waals surface area contributed by atoms with E-state index >= 15 is 0 Å². The van der Waals surface area contributed by atoms with E-state index in [9.17, 15) is 22.0 Å². The van der Waals surface area contributed by atoms with Gasteiger partial charge in [0.05, 0.1) is 11.1 Å². The molecule has 0 aromatic heterocycles. The highest BCUT2D eigenvalue weighted by atomic mass is 19.3. The summed E-state index contributed by atoms with van der Waals surface area (Å²) in [6.07, 6.45) is 4.07. The molecule has 0 radical (unpaired) electrons. The first-order valence-electron chi connectivity index (χ1n) is 9.64. The van der Waals surface area contributed by atoms with E-state index in [1.807, 2.05) is 13.0 Å². The molecule has 2 aromatic rings. The van der Waals surface area contributed by atoms with E-state index < -0.39 is 29.3 Å². The van der Waals surface area contributed by atoms with Crippen LogP contribution in [-0.4, -0.2) is 5.92 Å². The first-order valence-corrected chi connectivity index (χ1v) is 9.64. The smallest absolute Gasteiger partial charge is 0.207 e. The predicted octanol–water partition coefficient (Wildman–Crippen LogP) is 7.22. The molecule has 152 valence electrons. The first kappa shape index (κ1) is 21.1. The summed E-state index contributed by atoms with van der Waals surface area (Å²) < 4.78 is 69.7. The van der Waals surface area contributed by atoms with Crippen LogP contribution in [0.2, 0.25) is 0 Å². The lowest BCUT2D eigenvalue weighted by Crippen LogP contribution is -2.24. The molecule has 0 N–H and O–H groups in total. The van der Waals surface area contributed by atoms with Crippen LogP contribution in [0.3, 0.4) is 0 Å². The van der Waals surface area contributed by atoms with Crippen molar-refractivity contribution in [2.75, 3.05) is 0 Å². The molecule has 5 heteroatoms. The van der Waals surface area contributed by atoms with Gasteiger partial charge in [-0.1, -0.05) is 43.0 Å². The molecule has 1 saturated carbocycles. The average Bonchev–Trinajstić information content (AvgIpc) is 2.69. The highest BCUT2D eigenvalue weighted by Crippen LogP contribution is 2.41. The summed E-state index contributed by atoms with van der Waals surface area (Å²) in [5, 5.41) is 0. The second-order valence-corrected chi connectivity index (χ2v) is 7.26. The van der Waals surface area contributed by atoms with Crippen molar-refractivity contribution in [3.8, 4) is 11.8 Å². The third-order valence-corrected chi connectivity index (χ3v) is 5.14. The minimum absolute atomic E-state index is 0.0806. The van der Waals surface area contributed by atoms with Crippen LogP contribution < -0.4 is 0 Å². The molecular formula is C24H21F5. The van der Waals surface area contributed by atoms with Crippen molar-refractivity contribution in [2.24, 2.45) is 0 Å². The van der Waals surface area contributed by atoms with Crippen molar-refractivity contribution in [3.63, 3.8) is 0 Å². The van der Waals surface area contributed by atoms with Gasteiger partial charge in [0.2, 0.25) is 5.92 Å². The molecule has 0 spiro atoms. The fraction of sp³-hybridized carbons (Fsp3) is 0.333. The summed E-state index contributed by atoms with van der Waals surface area (Å²) in [6.45, 7) is 1.97. The number of hydrogen-bond acceptors (Lipinski definition) is 0. The van der Waals surface area contributed by atoms with Crippen molar-refractivity contribution in [3.05, 3.63) is 76.1 Å². The molecule has 0 amide bonds. The third kappa shape index (κ3) is 5.06. The summed E-state index contributed by atoms with van der Waals surface area (Å²) >= 11 is 0. The van der Waals surface area contributed by atoms with Crippen LogP contribution in [-0.2, 0) is 0 Å². The second kappa shape index (κ2) is 8.82. The van der Waals surface area contributed by atoms with Gasteiger partial charge in [0, 0.05) is 12.8 Å². The van der Waals surface area contributed by atoms with Crippen molar-refractivity contribution < 1.29 is 22.0 Å². The largest absolute Gasteiger partial charge is 0.248 e. The molecule has 3 rings (SSSR count). The van der Waals surface area contributed by atoms with Crippen molar-refractivity contribution in [1.29, 1.82) is 0 Å². The number of alkyl halides is 2. The van der Waals surface area contributed by atoms with Crippen LogP contribution >= 0.6 is 0 Å². The van der Waals surface area contributed by atoms with Gasteiger partial charge in [-0.3, -0.25) is 0 Å². The topological polar surface area (TPSA) is 0 Å². The molecule has 0 heterocycles. The molecule has 0 unspecified atom stereocenters. The fourth-order valence-corrected chi connectivity index (χ4v) is 3.45. The molecule has 0 atom stereocenters. The van der Waals surface area contributed by atoms with Gasteiger partial charge in [-0.2, -0.15) is 0 Å². The summed E-state index contributed by atoms with van der Waals surface area (Å²) in [7, 11) is 0. The van der Waals surface area contributed by atoms with Crippen molar-refractivity contribution >= 4 is 6.08 Å². The van der Waals surface area contributed by atoms with E-state index in [1.54, 1.807) is 12.1 Å². The molecule has 1 aliphatic carbocycles. The van der Waals surface area contributed by atoms with Gasteiger partial charge in [0.15, 0.2) is 11.6 Å². The van der Waals surface area contributed by atoms with Crippen LogP contribution in [0.4, 0.5) is 22.0 Å². The SMILES string of the molecule is CC/C=C/c1ccc(C#Cc2ccc(C3CCC(F)(F)CC3)c(F)c2F)c(F)c1. The molecule has 0 nitrogen and oxygen atoms in total. The maximum Gasteiger partial charge on any atom is 0.248 e. The molecular weight excluding hydrogens is 383 g/mol. The Kier molecular flexibility index (Phi) is 6.42. The quantitative estimate of drug-likeness (QED) is 0.374. The highest BCUT2D eigenvalue weighted by Gasteiger charge is 2.36. The lowest BCUT2D eigenvalue weighted by atomic mass is 9.82. The van der Waals surface area contributed by atoms with E-state index in [2.05, 4.69) is 11.8 Å². The maximum atomic E-state index is 14.5. The molecule has 29 heavy (non-hydrogen) atoms. The lowest BCUT2D eigenvalue weighted by Gasteiger charge is -2.28. The summed E-state index contributed by atoms with van der Waals surface area (Å²) in [5.41, 5.74) is 0.676. The van der Waals surface area contributed by atoms with E-state index in [1.165, 1.54) is 24.3 Å². The summed E-state index contributed by atoms with van der Waals surface area (Å²) in [6, 6.07) is 7.23. The van der Waals surface area contributed by atoms with E-state index in [0.717, 1.165) is 6.42 Å². The van der Waals surface area contributed by atoms with Gasteiger partial charge in [0.25, 0.3) is 0 Å². The number of allylic oxidation sites excluding steroid dienone is 1. The van der Waals surface area contributed by atoms with Gasteiger partial charge >= 0.3 is 0 Å². The first-order chi connectivity index (χ1) is 13.8. The monoisotopic (exact) mass is 404 g/mol. The van der Waals surface area contributed by atoms with Gasteiger partial charge in [0.1, 0.15) is 5.82 Å². The Hall–Kier alpha value is -2.61. The molecule has 1 fully saturated rings. The Bertz CT molecular complexity index is 969. The van der Waals surface area contributed by atoms with Crippen molar-refractivity contribution in [2.45, 2.75) is 50.9 Å². The van der Waals surface area contributed by atoms with Crippen LogP contribution in [0, 0.1) is 29.3 Å². The van der Waals surface area contributed by atoms with E-state index in [-0.39, 0.29) is 42.4 Å². The zero-order valence-electron chi connectivity index (χ0n) is 16.0. The summed E-state index contributed by atoms with van der Waals surface area (Å²) in [5.74, 6) is -0.899.